The molecule has 1 aliphatic heterocycles. The van der Waals surface area contributed by atoms with Crippen molar-refractivity contribution in [2.24, 2.45) is 5.73 Å². The van der Waals surface area contributed by atoms with Gasteiger partial charge in [-0.15, -0.1) is 0 Å². The van der Waals surface area contributed by atoms with Gasteiger partial charge >= 0.3 is 0 Å². The van der Waals surface area contributed by atoms with E-state index in [0.717, 1.165) is 25.1 Å². The molecule has 0 bridgehead atoms. The molecule has 0 aromatic carbocycles. The lowest BCUT2D eigenvalue weighted by atomic mass is 10.1. The van der Waals surface area contributed by atoms with Gasteiger partial charge < -0.3 is 15.5 Å². The zero-order valence-electron chi connectivity index (χ0n) is 9.95. The smallest absolute Gasteiger partial charge is 0.251 e. The summed E-state index contributed by atoms with van der Waals surface area (Å²) in [5.74, 6) is 0.716. The van der Waals surface area contributed by atoms with Gasteiger partial charge in [0.25, 0.3) is 5.56 Å². The van der Waals surface area contributed by atoms with E-state index in [1.807, 2.05) is 0 Å². The molecule has 1 aromatic heterocycles. The Morgan fingerprint density at radius 3 is 3.12 bits per heavy atom. The van der Waals surface area contributed by atoms with E-state index in [1.165, 1.54) is 12.5 Å². The number of nitrogens with one attached hydrogen (secondary N) is 1. The zero-order valence-corrected chi connectivity index (χ0v) is 9.95. The molecule has 0 aliphatic carbocycles. The van der Waals surface area contributed by atoms with Crippen LogP contribution in [-0.4, -0.2) is 29.2 Å². The number of ether oxygens (including phenoxy) is 1. The molecule has 5 heteroatoms. The minimum Gasteiger partial charge on any atom is -0.378 e. The van der Waals surface area contributed by atoms with Crippen molar-refractivity contribution in [2.45, 2.75) is 38.2 Å². The molecule has 1 atom stereocenters. The van der Waals surface area contributed by atoms with Gasteiger partial charge in [0.1, 0.15) is 5.82 Å². The predicted molar refractivity (Wildman–Crippen MR) is 64.9 cm³/mol. The second-order valence-corrected chi connectivity index (χ2v) is 4.41. The highest BCUT2D eigenvalue weighted by atomic mass is 16.5. The molecule has 0 radical (unpaired) electrons. The van der Waals surface area contributed by atoms with E-state index in [9.17, 15) is 4.79 Å². The van der Waals surface area contributed by atoms with Crippen molar-refractivity contribution >= 4 is 0 Å². The average molecular weight is 237 g/mol. The van der Waals surface area contributed by atoms with E-state index in [4.69, 9.17) is 10.5 Å². The molecule has 94 valence electrons. The van der Waals surface area contributed by atoms with Crippen molar-refractivity contribution in [1.29, 1.82) is 0 Å². The van der Waals surface area contributed by atoms with Gasteiger partial charge in [0.15, 0.2) is 0 Å². The molecule has 2 heterocycles. The minimum absolute atomic E-state index is 0.103. The second-order valence-electron chi connectivity index (χ2n) is 4.41. The van der Waals surface area contributed by atoms with Crippen LogP contribution in [0.3, 0.4) is 0 Å². The van der Waals surface area contributed by atoms with Crippen LogP contribution in [0.1, 0.15) is 30.8 Å². The quantitative estimate of drug-likeness (QED) is 0.793. The number of aromatic amines is 1. The van der Waals surface area contributed by atoms with Gasteiger partial charge in [-0.3, -0.25) is 4.79 Å². The van der Waals surface area contributed by atoms with Crippen LogP contribution in [0.25, 0.3) is 0 Å². The Morgan fingerprint density at radius 2 is 2.41 bits per heavy atom. The van der Waals surface area contributed by atoms with Crippen molar-refractivity contribution in [1.82, 2.24) is 9.97 Å². The number of hydrogen-bond acceptors (Lipinski definition) is 4. The average Bonchev–Trinajstić information content (AvgIpc) is 2.30. The standard InChI is InChI=1S/C12H19N3O2/c13-5-4-9-7-12(16)15-11(14-9)8-10-3-1-2-6-17-10/h7,10H,1-6,8,13H2,(H,14,15,16). The van der Waals surface area contributed by atoms with Crippen LogP contribution in [0, 0.1) is 0 Å². The third kappa shape index (κ3) is 3.64. The van der Waals surface area contributed by atoms with Crippen LogP contribution in [-0.2, 0) is 17.6 Å². The number of hydrogen-bond donors (Lipinski definition) is 2. The fraction of sp³-hybridized carbons (Fsp3) is 0.667. The number of aromatic nitrogens is 2. The topological polar surface area (TPSA) is 81.0 Å². The minimum atomic E-state index is -0.103. The molecule has 1 aliphatic rings. The highest BCUT2D eigenvalue weighted by Gasteiger charge is 2.15. The molecule has 0 saturated carbocycles. The summed E-state index contributed by atoms with van der Waals surface area (Å²) in [5, 5.41) is 0. The molecular formula is C12H19N3O2. The van der Waals surface area contributed by atoms with Gasteiger partial charge in [0, 0.05) is 31.2 Å². The fourth-order valence-corrected chi connectivity index (χ4v) is 2.12. The molecule has 3 N–H and O–H groups in total. The van der Waals surface area contributed by atoms with Crippen LogP contribution in [0.4, 0.5) is 0 Å². The maximum Gasteiger partial charge on any atom is 0.251 e. The van der Waals surface area contributed by atoms with E-state index in [0.29, 0.717) is 25.2 Å². The zero-order chi connectivity index (χ0) is 12.1. The van der Waals surface area contributed by atoms with E-state index in [2.05, 4.69) is 9.97 Å². The van der Waals surface area contributed by atoms with Crippen molar-refractivity contribution in [3.63, 3.8) is 0 Å². The Balaban J connectivity index is 2.06. The Hall–Kier alpha value is -1.20. The summed E-state index contributed by atoms with van der Waals surface area (Å²) in [5.41, 5.74) is 6.13. The first kappa shape index (κ1) is 12.3. The molecule has 2 rings (SSSR count). The SMILES string of the molecule is NCCc1cc(=O)[nH]c(CC2CCCCO2)n1. The van der Waals surface area contributed by atoms with Crippen molar-refractivity contribution < 1.29 is 4.74 Å². The molecule has 0 amide bonds. The van der Waals surface area contributed by atoms with Gasteiger partial charge in [0.05, 0.1) is 6.10 Å². The summed E-state index contributed by atoms with van der Waals surface area (Å²) in [7, 11) is 0. The normalized spacial score (nSPS) is 20.4. The highest BCUT2D eigenvalue weighted by molar-refractivity contribution is 5.04. The van der Waals surface area contributed by atoms with Gasteiger partial charge in [-0.05, 0) is 25.8 Å². The van der Waals surface area contributed by atoms with Crippen LogP contribution < -0.4 is 11.3 Å². The molecule has 5 nitrogen and oxygen atoms in total. The molecule has 1 aromatic rings. The van der Waals surface area contributed by atoms with E-state index >= 15 is 0 Å². The molecule has 1 unspecified atom stereocenters. The van der Waals surface area contributed by atoms with Crippen LogP contribution in [0.2, 0.25) is 0 Å². The Labute approximate surface area is 100 Å². The lowest BCUT2D eigenvalue weighted by molar-refractivity contribution is 0.0156. The summed E-state index contributed by atoms with van der Waals surface area (Å²) in [6, 6.07) is 1.51. The van der Waals surface area contributed by atoms with Crippen LogP contribution in [0.5, 0.6) is 0 Å². The fourth-order valence-electron chi connectivity index (χ4n) is 2.12. The Kier molecular flexibility index (Phi) is 4.28. The summed E-state index contributed by atoms with van der Waals surface area (Å²) in [6.45, 7) is 1.33. The first-order valence-electron chi connectivity index (χ1n) is 6.18. The third-order valence-electron chi connectivity index (χ3n) is 2.94. The van der Waals surface area contributed by atoms with Crippen LogP contribution in [0.15, 0.2) is 10.9 Å². The maximum absolute atomic E-state index is 11.5. The number of nitrogens with two attached hydrogens (primary N) is 1. The number of nitrogens with zero attached hydrogens (tertiary/aromatic N) is 1. The summed E-state index contributed by atoms with van der Waals surface area (Å²) < 4.78 is 5.63. The molecule has 0 spiro atoms. The van der Waals surface area contributed by atoms with Crippen molar-refractivity contribution in [3.8, 4) is 0 Å². The third-order valence-corrected chi connectivity index (χ3v) is 2.94. The monoisotopic (exact) mass is 237 g/mol. The maximum atomic E-state index is 11.5. The lowest BCUT2D eigenvalue weighted by Crippen LogP contribution is -2.24. The second kappa shape index (κ2) is 5.93. The Morgan fingerprint density at radius 1 is 1.53 bits per heavy atom. The van der Waals surface area contributed by atoms with Gasteiger partial charge in [-0.2, -0.15) is 0 Å². The van der Waals surface area contributed by atoms with Gasteiger partial charge in [-0.25, -0.2) is 4.98 Å². The summed E-state index contributed by atoms with van der Waals surface area (Å²) in [4.78, 5) is 18.6. The first-order valence-corrected chi connectivity index (χ1v) is 6.18. The summed E-state index contributed by atoms with van der Waals surface area (Å²) in [6.07, 6.45) is 4.89. The van der Waals surface area contributed by atoms with E-state index in [-0.39, 0.29) is 11.7 Å². The van der Waals surface area contributed by atoms with Crippen molar-refractivity contribution in [3.05, 3.63) is 27.9 Å². The van der Waals surface area contributed by atoms with E-state index < -0.39 is 0 Å². The first-order chi connectivity index (χ1) is 8.28. The molecule has 1 fully saturated rings. The van der Waals surface area contributed by atoms with Gasteiger partial charge in [0.2, 0.25) is 0 Å². The van der Waals surface area contributed by atoms with E-state index in [1.54, 1.807) is 0 Å². The molecule has 1 saturated heterocycles. The number of rotatable bonds is 4. The largest absolute Gasteiger partial charge is 0.378 e. The van der Waals surface area contributed by atoms with Gasteiger partial charge in [-0.1, -0.05) is 0 Å². The Bertz CT molecular complexity index is 410. The molecular weight excluding hydrogens is 218 g/mol. The lowest BCUT2D eigenvalue weighted by Gasteiger charge is -2.22. The predicted octanol–water partition coefficient (Wildman–Crippen LogP) is 0.383. The highest BCUT2D eigenvalue weighted by Crippen LogP contribution is 2.15. The summed E-state index contributed by atoms with van der Waals surface area (Å²) >= 11 is 0. The van der Waals surface area contributed by atoms with Crippen molar-refractivity contribution in [2.75, 3.05) is 13.2 Å². The number of H-pyrrole nitrogens is 1. The van der Waals surface area contributed by atoms with Crippen LogP contribution >= 0.6 is 0 Å². The molecule has 17 heavy (non-hydrogen) atoms.